The van der Waals surface area contributed by atoms with Crippen LogP contribution in [0.1, 0.15) is 29.2 Å². The van der Waals surface area contributed by atoms with Crippen molar-refractivity contribution >= 4 is 17.9 Å². The average Bonchev–Trinajstić information content (AvgIpc) is 3.38. The lowest BCUT2D eigenvalue weighted by atomic mass is 10.0. The molecular formula is C28H38N6O3. The van der Waals surface area contributed by atoms with Crippen molar-refractivity contribution in [2.45, 2.75) is 25.5 Å². The summed E-state index contributed by atoms with van der Waals surface area (Å²) in [4.78, 5) is 23.6. The number of hydroxylamine groups is 1. The molecule has 0 bridgehead atoms. The fourth-order valence-corrected chi connectivity index (χ4v) is 5.40. The maximum absolute atomic E-state index is 10.9. The van der Waals surface area contributed by atoms with Gasteiger partial charge in [-0.15, -0.1) is 0 Å². The third-order valence-electron chi connectivity index (χ3n) is 7.58. The van der Waals surface area contributed by atoms with Crippen LogP contribution in [0.4, 0.5) is 5.69 Å². The van der Waals surface area contributed by atoms with Crippen LogP contribution >= 0.6 is 0 Å². The van der Waals surface area contributed by atoms with E-state index >= 15 is 0 Å². The molecule has 2 aromatic rings. The van der Waals surface area contributed by atoms with Gasteiger partial charge in [0.2, 0.25) is 0 Å². The van der Waals surface area contributed by atoms with E-state index in [0.717, 1.165) is 70.9 Å². The number of aliphatic carboxylic acids is 1. The molecule has 0 saturated carbocycles. The maximum Gasteiger partial charge on any atom is 0.317 e. The van der Waals surface area contributed by atoms with Gasteiger partial charge in [0.15, 0.2) is 0 Å². The number of piperazine rings is 2. The molecule has 3 fully saturated rings. The number of para-hydroxylation sites is 1. The molecule has 9 heteroatoms. The Bertz CT molecular complexity index is 1060. The van der Waals surface area contributed by atoms with E-state index in [1.807, 2.05) is 11.1 Å². The van der Waals surface area contributed by atoms with E-state index in [0.29, 0.717) is 0 Å². The predicted octanol–water partition coefficient (Wildman–Crippen LogP) is 2.19. The molecule has 198 valence electrons. The van der Waals surface area contributed by atoms with Gasteiger partial charge in [-0.2, -0.15) is 10.6 Å². The summed E-state index contributed by atoms with van der Waals surface area (Å²) in [6.07, 6.45) is 3.02. The minimum absolute atomic E-state index is 0.128. The Balaban J connectivity index is 1.05. The lowest BCUT2D eigenvalue weighted by Gasteiger charge is -2.35. The summed E-state index contributed by atoms with van der Waals surface area (Å²) in [5, 5.41) is 15.8. The van der Waals surface area contributed by atoms with Crippen molar-refractivity contribution in [1.82, 2.24) is 20.3 Å². The number of carbonyl (C=O) groups is 1. The second kappa shape index (κ2) is 12.0. The average molecular weight is 507 g/mol. The first-order valence-corrected chi connectivity index (χ1v) is 13.3. The number of carboxylic acids is 1. The Hall–Kier alpha value is -2.98. The van der Waals surface area contributed by atoms with Crippen molar-refractivity contribution in [1.29, 1.82) is 0 Å². The minimum atomic E-state index is -0.756. The Morgan fingerprint density at radius 3 is 2.41 bits per heavy atom. The molecule has 2 atom stereocenters. The Morgan fingerprint density at radius 1 is 1.00 bits per heavy atom. The quantitative estimate of drug-likeness (QED) is 0.528. The highest BCUT2D eigenvalue weighted by Crippen LogP contribution is 2.26. The summed E-state index contributed by atoms with van der Waals surface area (Å²) >= 11 is 0. The van der Waals surface area contributed by atoms with E-state index in [-0.39, 0.29) is 18.7 Å². The van der Waals surface area contributed by atoms with Gasteiger partial charge >= 0.3 is 5.97 Å². The molecule has 0 spiro atoms. The molecule has 0 aliphatic carbocycles. The van der Waals surface area contributed by atoms with E-state index in [4.69, 9.17) is 15.0 Å². The first kappa shape index (κ1) is 25.7. The van der Waals surface area contributed by atoms with Crippen LogP contribution < -0.4 is 10.4 Å². The molecule has 3 saturated heterocycles. The number of nitrogens with one attached hydrogen (secondary N) is 1. The van der Waals surface area contributed by atoms with Crippen LogP contribution in [-0.4, -0.2) is 104 Å². The standard InChI is InChI=1S/C28H38N6O3/c1-22-4-2-3-5-27(22)33-14-16-34(17-15-33)29-19-23-6-8-24(9-7-23)26-18-25(37-30-26)20-31-10-12-32(13-11-31)21-28(35)36/h2-9,19,25-26,30H,10-18,20-21H2,1H3,(H,35,36). The molecule has 3 aliphatic heterocycles. The zero-order valence-electron chi connectivity index (χ0n) is 21.6. The SMILES string of the molecule is Cc1ccccc1N1CCN(N=Cc2ccc(C3CC(CN4CCN(CC(=O)O)CC4)ON3)cc2)CC1. The van der Waals surface area contributed by atoms with E-state index in [1.54, 1.807) is 0 Å². The van der Waals surface area contributed by atoms with Gasteiger partial charge < -0.3 is 10.0 Å². The smallest absolute Gasteiger partial charge is 0.317 e. The molecule has 3 heterocycles. The van der Waals surface area contributed by atoms with Gasteiger partial charge in [-0.1, -0.05) is 42.5 Å². The Morgan fingerprint density at radius 2 is 1.70 bits per heavy atom. The summed E-state index contributed by atoms with van der Waals surface area (Å²) in [6.45, 7) is 10.3. The van der Waals surface area contributed by atoms with Crippen molar-refractivity contribution in [2.24, 2.45) is 5.10 Å². The van der Waals surface area contributed by atoms with Gasteiger partial charge in [-0.05, 0) is 36.1 Å². The van der Waals surface area contributed by atoms with Gasteiger partial charge in [0, 0.05) is 51.5 Å². The largest absolute Gasteiger partial charge is 0.480 e. The van der Waals surface area contributed by atoms with Crippen molar-refractivity contribution in [3.63, 3.8) is 0 Å². The summed E-state index contributed by atoms with van der Waals surface area (Å²) in [6, 6.07) is 17.3. The van der Waals surface area contributed by atoms with Crippen molar-refractivity contribution in [3.8, 4) is 0 Å². The number of rotatable bonds is 8. The lowest BCUT2D eigenvalue weighted by Crippen LogP contribution is -2.49. The van der Waals surface area contributed by atoms with Crippen LogP contribution in [0.5, 0.6) is 0 Å². The normalized spacial score (nSPS) is 23.7. The van der Waals surface area contributed by atoms with Crippen LogP contribution in [0, 0.1) is 6.92 Å². The van der Waals surface area contributed by atoms with Crippen LogP contribution in [0.3, 0.4) is 0 Å². The number of carboxylic acid groups (broad SMARTS) is 1. The summed E-state index contributed by atoms with van der Waals surface area (Å²) in [5.41, 5.74) is 8.18. The van der Waals surface area contributed by atoms with Crippen molar-refractivity contribution < 1.29 is 14.7 Å². The number of nitrogens with zero attached hydrogens (tertiary/aromatic N) is 5. The monoisotopic (exact) mass is 506 g/mol. The lowest BCUT2D eigenvalue weighted by molar-refractivity contribution is -0.138. The molecule has 37 heavy (non-hydrogen) atoms. The van der Waals surface area contributed by atoms with Crippen LogP contribution in [0.25, 0.3) is 0 Å². The molecule has 2 N–H and O–H groups in total. The number of hydrogen-bond donors (Lipinski definition) is 2. The Kier molecular flexibility index (Phi) is 8.35. The molecule has 3 aliphatic rings. The first-order chi connectivity index (χ1) is 18.0. The highest BCUT2D eigenvalue weighted by atomic mass is 16.7. The Labute approximate surface area is 219 Å². The first-order valence-electron chi connectivity index (χ1n) is 13.3. The van der Waals surface area contributed by atoms with E-state index in [2.05, 4.69) is 75.7 Å². The second-order valence-corrected chi connectivity index (χ2v) is 10.3. The fraction of sp³-hybridized carbons (Fsp3) is 0.500. The summed E-state index contributed by atoms with van der Waals surface area (Å²) in [5.74, 6) is -0.756. The van der Waals surface area contributed by atoms with E-state index < -0.39 is 5.97 Å². The summed E-state index contributed by atoms with van der Waals surface area (Å²) < 4.78 is 0. The zero-order valence-corrected chi connectivity index (χ0v) is 21.6. The highest BCUT2D eigenvalue weighted by molar-refractivity contribution is 5.79. The molecule has 2 unspecified atom stereocenters. The molecule has 0 aromatic heterocycles. The van der Waals surface area contributed by atoms with Gasteiger partial charge in [-0.25, -0.2) is 0 Å². The third-order valence-corrected chi connectivity index (χ3v) is 7.58. The molecule has 5 rings (SSSR count). The van der Waals surface area contributed by atoms with Crippen molar-refractivity contribution in [3.05, 3.63) is 65.2 Å². The fourth-order valence-electron chi connectivity index (χ4n) is 5.40. The van der Waals surface area contributed by atoms with E-state index in [9.17, 15) is 4.79 Å². The highest BCUT2D eigenvalue weighted by Gasteiger charge is 2.29. The van der Waals surface area contributed by atoms with Crippen LogP contribution in [0.2, 0.25) is 0 Å². The third kappa shape index (κ3) is 6.87. The number of aryl methyl sites for hydroxylation is 1. The van der Waals surface area contributed by atoms with Crippen molar-refractivity contribution in [2.75, 3.05) is 70.3 Å². The van der Waals surface area contributed by atoms with Gasteiger partial charge in [0.1, 0.15) is 0 Å². The molecule has 0 amide bonds. The zero-order chi connectivity index (χ0) is 25.6. The number of hydrazone groups is 1. The number of anilines is 1. The van der Waals surface area contributed by atoms with E-state index in [1.165, 1.54) is 16.8 Å². The molecular weight excluding hydrogens is 468 g/mol. The second-order valence-electron chi connectivity index (χ2n) is 10.3. The minimum Gasteiger partial charge on any atom is -0.480 e. The maximum atomic E-state index is 10.9. The van der Waals surface area contributed by atoms with Gasteiger partial charge in [0.05, 0.1) is 38.0 Å². The van der Waals surface area contributed by atoms with Gasteiger partial charge in [-0.3, -0.25) is 24.4 Å². The van der Waals surface area contributed by atoms with Gasteiger partial charge in [0.25, 0.3) is 0 Å². The summed E-state index contributed by atoms with van der Waals surface area (Å²) in [7, 11) is 0. The topological polar surface area (TPSA) is 83.9 Å². The number of benzene rings is 2. The molecule has 9 nitrogen and oxygen atoms in total. The van der Waals surface area contributed by atoms with Crippen LogP contribution in [-0.2, 0) is 9.63 Å². The molecule has 2 aromatic carbocycles. The van der Waals surface area contributed by atoms with Crippen LogP contribution in [0.15, 0.2) is 53.6 Å². The molecule has 0 radical (unpaired) electrons. The number of hydrogen-bond acceptors (Lipinski definition) is 8. The predicted molar refractivity (Wildman–Crippen MR) is 145 cm³/mol.